The Morgan fingerprint density at radius 3 is 1.86 bits per heavy atom. The molecule has 0 radical (unpaired) electrons. The second-order valence-corrected chi connectivity index (χ2v) is 10.7. The fourth-order valence-corrected chi connectivity index (χ4v) is 6.25. The van der Waals surface area contributed by atoms with Gasteiger partial charge in [-0.3, -0.25) is 4.57 Å². The predicted octanol–water partition coefficient (Wildman–Crippen LogP) is 8.65. The molecule has 0 saturated carbocycles. The maximum atomic E-state index is 6.08. The molecule has 0 unspecified atom stereocenters. The number of para-hydroxylation sites is 3. The molecule has 0 N–H and O–H groups in total. The van der Waals surface area contributed by atoms with Crippen LogP contribution in [0.3, 0.4) is 0 Å². The Morgan fingerprint density at radius 1 is 0.500 bits per heavy atom. The van der Waals surface area contributed by atoms with Crippen molar-refractivity contribution in [2.45, 2.75) is 0 Å². The van der Waals surface area contributed by atoms with Gasteiger partial charge in [-0.25, -0.2) is 9.67 Å². The molecule has 44 heavy (non-hydrogen) atoms. The number of benzene rings is 5. The van der Waals surface area contributed by atoms with E-state index in [0.717, 1.165) is 50.4 Å². The van der Waals surface area contributed by atoms with Gasteiger partial charge in [-0.05, 0) is 48.5 Å². The van der Waals surface area contributed by atoms with Gasteiger partial charge in [0.2, 0.25) is 5.88 Å². The summed E-state index contributed by atoms with van der Waals surface area (Å²) in [4.78, 5) is 4.32. The normalized spacial score (nSPS) is 11.6. The second kappa shape index (κ2) is 9.68. The highest BCUT2D eigenvalue weighted by molar-refractivity contribution is 6.10. The van der Waals surface area contributed by atoms with Crippen LogP contribution in [0.4, 0.5) is 0 Å². The average Bonchev–Trinajstić information content (AvgIpc) is 3.78. The third-order valence-electron chi connectivity index (χ3n) is 8.15. The van der Waals surface area contributed by atoms with Crippen LogP contribution in [0.1, 0.15) is 0 Å². The Bertz CT molecular complexity index is 2430. The van der Waals surface area contributed by atoms with Gasteiger partial charge in [-0.1, -0.05) is 78.0 Å². The average molecular weight is 569 g/mol. The molecule has 0 aliphatic carbocycles. The second-order valence-electron chi connectivity index (χ2n) is 10.7. The minimum Gasteiger partial charge on any atom is -0.439 e. The fraction of sp³-hybridized carbons (Fsp3) is 0. The van der Waals surface area contributed by atoms with Gasteiger partial charge in [-0.15, -0.1) is 5.10 Å². The van der Waals surface area contributed by atoms with E-state index in [4.69, 9.17) is 4.74 Å². The van der Waals surface area contributed by atoms with Crippen molar-refractivity contribution >= 4 is 43.6 Å². The smallest absolute Gasteiger partial charge is 0.219 e. The van der Waals surface area contributed by atoms with Crippen molar-refractivity contribution in [2.24, 2.45) is 0 Å². The molecule has 0 saturated heterocycles. The molecule has 0 atom stereocenters. The zero-order valence-corrected chi connectivity index (χ0v) is 23.4. The van der Waals surface area contributed by atoms with Crippen molar-refractivity contribution in [1.82, 2.24) is 29.1 Å². The van der Waals surface area contributed by atoms with E-state index < -0.39 is 0 Å². The lowest BCUT2D eigenvalue weighted by Crippen LogP contribution is -1.98. The van der Waals surface area contributed by atoms with Crippen molar-refractivity contribution in [3.63, 3.8) is 0 Å². The van der Waals surface area contributed by atoms with Gasteiger partial charge in [0.25, 0.3) is 0 Å². The van der Waals surface area contributed by atoms with Crippen LogP contribution in [0.5, 0.6) is 11.6 Å². The number of rotatable bonds is 5. The molecule has 0 bridgehead atoms. The van der Waals surface area contributed by atoms with E-state index in [1.54, 1.807) is 6.20 Å². The van der Waals surface area contributed by atoms with Crippen molar-refractivity contribution in [3.05, 3.63) is 146 Å². The Hall–Kier alpha value is -6.21. The Balaban J connectivity index is 1.19. The van der Waals surface area contributed by atoms with Crippen LogP contribution in [0, 0.1) is 0 Å². The van der Waals surface area contributed by atoms with Crippen LogP contribution < -0.4 is 4.74 Å². The number of pyridine rings is 1. The molecule has 7 nitrogen and oxygen atoms in total. The van der Waals surface area contributed by atoms with Gasteiger partial charge >= 0.3 is 0 Å². The third-order valence-corrected chi connectivity index (χ3v) is 8.15. The molecule has 0 aliphatic rings. The summed E-state index contributed by atoms with van der Waals surface area (Å²) in [6.45, 7) is 0. The summed E-state index contributed by atoms with van der Waals surface area (Å²) in [7, 11) is 0. The van der Waals surface area contributed by atoms with Gasteiger partial charge in [-0.2, -0.15) is 0 Å². The summed E-state index contributed by atoms with van der Waals surface area (Å²) < 4.78 is 12.4. The van der Waals surface area contributed by atoms with Crippen LogP contribution in [-0.2, 0) is 0 Å². The first-order chi connectivity index (χ1) is 21.8. The molecular weight excluding hydrogens is 544 g/mol. The van der Waals surface area contributed by atoms with E-state index in [9.17, 15) is 0 Å². The van der Waals surface area contributed by atoms with Crippen molar-refractivity contribution in [3.8, 4) is 28.8 Å². The molecule has 9 rings (SSSR count). The Morgan fingerprint density at radius 2 is 1.16 bits per heavy atom. The van der Waals surface area contributed by atoms with Crippen LogP contribution >= 0.6 is 0 Å². The van der Waals surface area contributed by atoms with Gasteiger partial charge in [0.15, 0.2) is 5.82 Å². The number of aromatic nitrogens is 6. The highest BCUT2D eigenvalue weighted by atomic mass is 16.5. The lowest BCUT2D eigenvalue weighted by atomic mass is 10.1. The summed E-state index contributed by atoms with van der Waals surface area (Å²) >= 11 is 0. The summed E-state index contributed by atoms with van der Waals surface area (Å²) in [5.74, 6) is 2.04. The fourth-order valence-electron chi connectivity index (χ4n) is 6.25. The molecule has 0 amide bonds. The van der Waals surface area contributed by atoms with Crippen LogP contribution in [0.15, 0.2) is 146 Å². The van der Waals surface area contributed by atoms with E-state index in [1.165, 1.54) is 16.2 Å². The number of fused-ring (bicyclic) bond motifs is 6. The van der Waals surface area contributed by atoms with Crippen LogP contribution in [-0.4, -0.2) is 29.1 Å². The number of hydrogen-bond donors (Lipinski definition) is 0. The standard InChI is InChI=1S/C37H24N6O/c1-4-15-32-30(14-1)31-20-19-25(23-35(31)42(32)26-10-9-11-27(22-26)44-37-18-7-8-21-38-37)41-24-36(39-40-41)43-33-16-5-2-12-28(33)29-13-3-6-17-34(29)43/h1-24H. The van der Waals surface area contributed by atoms with E-state index >= 15 is 0 Å². The lowest BCUT2D eigenvalue weighted by molar-refractivity contribution is 0.463. The summed E-state index contributed by atoms with van der Waals surface area (Å²) in [6, 6.07) is 45.5. The predicted molar refractivity (Wildman–Crippen MR) is 174 cm³/mol. The lowest BCUT2D eigenvalue weighted by Gasteiger charge is -2.11. The summed E-state index contributed by atoms with van der Waals surface area (Å²) in [5.41, 5.74) is 6.29. The van der Waals surface area contributed by atoms with Crippen LogP contribution in [0.2, 0.25) is 0 Å². The minimum absolute atomic E-state index is 0.555. The Kier molecular flexibility index (Phi) is 5.36. The SMILES string of the molecule is c1ccc(Oc2cccc(-n3c4ccccc4c4ccc(-n5cc(-n6c7ccccc7c7ccccc76)nn5)cc43)c2)nc1. The van der Waals surface area contributed by atoms with Crippen molar-refractivity contribution in [2.75, 3.05) is 0 Å². The quantitative estimate of drug-likeness (QED) is 0.208. The van der Waals surface area contributed by atoms with E-state index in [0.29, 0.717) is 5.88 Å². The Labute approximate surface area is 251 Å². The number of hydrogen-bond acceptors (Lipinski definition) is 4. The monoisotopic (exact) mass is 568 g/mol. The largest absolute Gasteiger partial charge is 0.439 e. The zero-order valence-electron chi connectivity index (χ0n) is 23.4. The van der Waals surface area contributed by atoms with Crippen molar-refractivity contribution < 1.29 is 4.74 Å². The van der Waals surface area contributed by atoms with Gasteiger partial charge in [0.05, 0.1) is 34.0 Å². The number of ether oxygens (including phenoxy) is 1. The first kappa shape index (κ1) is 24.4. The summed E-state index contributed by atoms with van der Waals surface area (Å²) in [5, 5.41) is 13.9. The molecule has 0 fully saturated rings. The molecule has 0 spiro atoms. The molecule has 0 aliphatic heterocycles. The molecular formula is C37H24N6O. The van der Waals surface area contributed by atoms with Crippen molar-refractivity contribution in [1.29, 1.82) is 0 Å². The summed E-state index contributed by atoms with van der Waals surface area (Å²) in [6.07, 6.45) is 3.72. The van der Waals surface area contributed by atoms with Gasteiger partial charge in [0, 0.05) is 45.6 Å². The number of nitrogens with zero attached hydrogens (tertiary/aromatic N) is 6. The molecule has 4 heterocycles. The van der Waals surface area contributed by atoms with Crippen LogP contribution in [0.25, 0.3) is 60.8 Å². The third kappa shape index (κ3) is 3.80. The molecule has 7 heteroatoms. The van der Waals surface area contributed by atoms with E-state index in [-0.39, 0.29) is 0 Å². The first-order valence-corrected chi connectivity index (χ1v) is 14.5. The molecule has 208 valence electrons. The first-order valence-electron chi connectivity index (χ1n) is 14.5. The zero-order chi connectivity index (χ0) is 29.0. The van der Waals surface area contributed by atoms with Gasteiger partial charge in [0.1, 0.15) is 5.75 Å². The van der Waals surface area contributed by atoms with E-state index in [2.05, 4.69) is 121 Å². The maximum Gasteiger partial charge on any atom is 0.219 e. The molecule has 5 aromatic carbocycles. The molecule has 9 aromatic rings. The minimum atomic E-state index is 0.555. The molecule has 4 aromatic heterocycles. The topological polar surface area (TPSA) is 62.7 Å². The highest BCUT2D eigenvalue weighted by Crippen LogP contribution is 2.35. The maximum absolute atomic E-state index is 6.08. The highest BCUT2D eigenvalue weighted by Gasteiger charge is 2.17. The van der Waals surface area contributed by atoms with E-state index in [1.807, 2.05) is 47.3 Å². The van der Waals surface area contributed by atoms with Gasteiger partial charge < -0.3 is 9.30 Å².